The summed E-state index contributed by atoms with van der Waals surface area (Å²) < 4.78 is 5.26. The van der Waals surface area contributed by atoms with Crippen molar-refractivity contribution in [1.29, 1.82) is 0 Å². The maximum absolute atomic E-state index is 12.9. The van der Waals surface area contributed by atoms with Gasteiger partial charge in [-0.15, -0.1) is 0 Å². The smallest absolute Gasteiger partial charge is 0.259 e. The van der Waals surface area contributed by atoms with Crippen LogP contribution in [0.3, 0.4) is 0 Å². The van der Waals surface area contributed by atoms with E-state index in [1.807, 2.05) is 66.7 Å². The van der Waals surface area contributed by atoms with Gasteiger partial charge in [-0.25, -0.2) is 0 Å². The molecule has 4 rings (SSSR count). The molecule has 2 unspecified atom stereocenters. The summed E-state index contributed by atoms with van der Waals surface area (Å²) >= 11 is 0. The van der Waals surface area contributed by atoms with Crippen molar-refractivity contribution in [2.24, 2.45) is 0 Å². The van der Waals surface area contributed by atoms with Crippen molar-refractivity contribution in [1.82, 2.24) is 5.32 Å². The number of methoxy groups -OCH3 is 1. The van der Waals surface area contributed by atoms with E-state index >= 15 is 0 Å². The monoisotopic (exact) mass is 415 g/mol. The molecule has 158 valence electrons. The molecule has 31 heavy (non-hydrogen) atoms. The average molecular weight is 415 g/mol. The number of ether oxygens (including phenoxy) is 1. The zero-order valence-corrected chi connectivity index (χ0v) is 17.6. The number of aryl methyl sites for hydroxylation is 1. The maximum atomic E-state index is 12.9. The van der Waals surface area contributed by atoms with E-state index in [9.17, 15) is 14.7 Å². The Morgan fingerprint density at radius 2 is 1.74 bits per heavy atom. The van der Waals surface area contributed by atoms with E-state index in [1.165, 1.54) is 0 Å². The Balaban J connectivity index is 1.55. The van der Waals surface area contributed by atoms with Crippen LogP contribution in [0, 0.1) is 0 Å². The molecule has 1 amide bonds. The number of fused-ring (bicyclic) bond motifs is 1. The van der Waals surface area contributed by atoms with Gasteiger partial charge in [0.25, 0.3) is 5.91 Å². The first-order chi connectivity index (χ1) is 15.0. The largest absolute Gasteiger partial charge is 0.511 e. The number of hydrogen-bond donors (Lipinski definition) is 2. The Bertz CT molecular complexity index is 1170. The Kier molecular flexibility index (Phi) is 5.76. The molecule has 0 radical (unpaired) electrons. The molecule has 5 heteroatoms. The van der Waals surface area contributed by atoms with Gasteiger partial charge in [-0.05, 0) is 46.9 Å². The Morgan fingerprint density at radius 3 is 2.48 bits per heavy atom. The van der Waals surface area contributed by atoms with E-state index in [0.717, 1.165) is 27.6 Å². The second kappa shape index (κ2) is 8.64. The van der Waals surface area contributed by atoms with Gasteiger partial charge in [0.2, 0.25) is 0 Å². The summed E-state index contributed by atoms with van der Waals surface area (Å²) in [6, 6.07) is 20.8. The highest BCUT2D eigenvalue weighted by Crippen LogP contribution is 2.31. The van der Waals surface area contributed by atoms with Gasteiger partial charge in [0.05, 0.1) is 13.2 Å². The van der Waals surface area contributed by atoms with Crippen LogP contribution in [0.4, 0.5) is 0 Å². The van der Waals surface area contributed by atoms with Crippen molar-refractivity contribution in [2.45, 2.75) is 31.7 Å². The van der Waals surface area contributed by atoms with Crippen LogP contribution in [0.5, 0.6) is 5.75 Å². The summed E-state index contributed by atoms with van der Waals surface area (Å²) in [5.41, 5.74) is 1.81. The summed E-state index contributed by atoms with van der Waals surface area (Å²) in [6.07, 6.45) is 1.17. The highest BCUT2D eigenvalue weighted by Gasteiger charge is 2.39. The molecule has 1 heterocycles. The third-order valence-electron chi connectivity index (χ3n) is 5.90. The van der Waals surface area contributed by atoms with Gasteiger partial charge in [-0.2, -0.15) is 0 Å². The minimum absolute atomic E-state index is 0.125. The van der Waals surface area contributed by atoms with Crippen LogP contribution in [0.1, 0.15) is 30.4 Å². The number of aliphatic hydroxyl groups is 1. The van der Waals surface area contributed by atoms with Crippen molar-refractivity contribution >= 4 is 22.5 Å². The van der Waals surface area contributed by atoms with Crippen LogP contribution in [-0.4, -0.2) is 29.9 Å². The molecule has 1 saturated heterocycles. The summed E-state index contributed by atoms with van der Waals surface area (Å²) in [5, 5.41) is 15.6. The quantitative estimate of drug-likeness (QED) is 0.354. The lowest BCUT2D eigenvalue weighted by atomic mass is 9.92. The van der Waals surface area contributed by atoms with E-state index in [0.29, 0.717) is 12.8 Å². The lowest BCUT2D eigenvalue weighted by Crippen LogP contribution is -2.29. The first-order valence-corrected chi connectivity index (χ1v) is 10.4. The summed E-state index contributed by atoms with van der Waals surface area (Å²) in [6.45, 7) is 1.80. The van der Waals surface area contributed by atoms with Crippen molar-refractivity contribution in [3.05, 3.63) is 89.2 Å². The number of hydrogen-bond acceptors (Lipinski definition) is 4. The molecule has 0 bridgehead atoms. The minimum atomic E-state index is -0.610. The zero-order valence-electron chi connectivity index (χ0n) is 17.6. The Labute approximate surface area is 181 Å². The molecular weight excluding hydrogens is 390 g/mol. The number of carbonyl (C=O) groups is 2. The molecule has 1 aliphatic rings. The third-order valence-corrected chi connectivity index (χ3v) is 5.90. The van der Waals surface area contributed by atoms with Gasteiger partial charge in [-0.1, -0.05) is 61.5 Å². The van der Waals surface area contributed by atoms with Gasteiger partial charge in [-0.3, -0.25) is 9.59 Å². The lowest BCUT2D eigenvalue weighted by molar-refractivity contribution is -0.117. The zero-order chi connectivity index (χ0) is 22.0. The van der Waals surface area contributed by atoms with E-state index < -0.39 is 17.9 Å². The van der Waals surface area contributed by atoms with Crippen LogP contribution >= 0.6 is 0 Å². The highest BCUT2D eigenvalue weighted by molar-refractivity contribution is 6.27. The normalized spacial score (nSPS) is 18.7. The summed E-state index contributed by atoms with van der Waals surface area (Å²) in [7, 11) is 1.62. The number of benzene rings is 3. The number of carbonyl (C=O) groups excluding carboxylic acids is 2. The minimum Gasteiger partial charge on any atom is -0.511 e. The van der Waals surface area contributed by atoms with E-state index in [1.54, 1.807) is 14.0 Å². The fraction of sp³-hybridized carbons (Fsp3) is 0.231. The van der Waals surface area contributed by atoms with Crippen LogP contribution in [-0.2, 0) is 16.0 Å². The number of allylic oxidation sites excluding steroid dienone is 1. The number of rotatable bonds is 6. The number of Topliss-reactive ketones (excluding diaryl/α,β-unsaturated/α-hetero) is 1. The summed E-state index contributed by atoms with van der Waals surface area (Å²) in [4.78, 5) is 25.4. The molecule has 5 nitrogen and oxygen atoms in total. The van der Waals surface area contributed by atoms with E-state index in [-0.39, 0.29) is 17.1 Å². The first-order valence-electron chi connectivity index (χ1n) is 10.4. The SMILES string of the molecule is COc1ccc2cc(C(C)C(O)=C3C(=O)NC(CCc4ccccc4)C3=O)ccc2c1. The molecule has 3 aromatic rings. The average Bonchev–Trinajstić information content (AvgIpc) is 3.09. The van der Waals surface area contributed by atoms with Gasteiger partial charge in [0.1, 0.15) is 17.1 Å². The van der Waals surface area contributed by atoms with Gasteiger partial charge in [0, 0.05) is 5.92 Å². The van der Waals surface area contributed by atoms with Gasteiger partial charge >= 0.3 is 0 Å². The summed E-state index contributed by atoms with van der Waals surface area (Å²) in [5.74, 6) is -0.733. The predicted molar refractivity (Wildman–Crippen MR) is 120 cm³/mol. The van der Waals surface area contributed by atoms with Crippen LogP contribution in [0.25, 0.3) is 10.8 Å². The molecule has 1 aliphatic heterocycles. The van der Waals surface area contributed by atoms with Crippen LogP contribution < -0.4 is 10.1 Å². The molecule has 3 aromatic carbocycles. The van der Waals surface area contributed by atoms with Gasteiger partial charge < -0.3 is 15.2 Å². The van der Waals surface area contributed by atoms with Crippen molar-refractivity contribution < 1.29 is 19.4 Å². The standard InChI is InChI=1S/C26H25NO4/c1-16(18-9-10-20-15-21(31-2)12-11-19(20)14-18)24(28)23-25(29)22(27-26(23)30)13-8-17-6-4-3-5-7-17/h3-7,9-12,14-16,22,28H,8,13H2,1-2H3,(H,27,30). The van der Waals surface area contributed by atoms with E-state index in [2.05, 4.69) is 5.32 Å². The molecule has 0 saturated carbocycles. The van der Waals surface area contributed by atoms with Crippen LogP contribution in [0.15, 0.2) is 78.1 Å². The lowest BCUT2D eigenvalue weighted by Gasteiger charge is -2.14. The topological polar surface area (TPSA) is 75.6 Å². The molecule has 0 aromatic heterocycles. The second-order valence-electron chi connectivity index (χ2n) is 7.87. The molecule has 0 aliphatic carbocycles. The number of aliphatic hydroxyl groups excluding tert-OH is 1. The number of ketones is 1. The maximum Gasteiger partial charge on any atom is 0.259 e. The van der Waals surface area contributed by atoms with Gasteiger partial charge in [0.15, 0.2) is 5.78 Å². The Morgan fingerprint density at radius 1 is 1.03 bits per heavy atom. The molecule has 1 fully saturated rings. The van der Waals surface area contributed by atoms with Crippen molar-refractivity contribution in [2.75, 3.05) is 7.11 Å². The fourth-order valence-corrected chi connectivity index (χ4v) is 4.00. The van der Waals surface area contributed by atoms with Crippen molar-refractivity contribution in [3.63, 3.8) is 0 Å². The third kappa shape index (κ3) is 4.17. The van der Waals surface area contributed by atoms with Crippen molar-refractivity contribution in [3.8, 4) is 5.75 Å². The molecule has 2 atom stereocenters. The molecular formula is C26H25NO4. The van der Waals surface area contributed by atoms with E-state index in [4.69, 9.17) is 4.74 Å². The molecule has 0 spiro atoms. The second-order valence-corrected chi connectivity index (χ2v) is 7.87. The fourth-order valence-electron chi connectivity index (χ4n) is 4.00. The highest BCUT2D eigenvalue weighted by atomic mass is 16.5. The predicted octanol–water partition coefficient (Wildman–Crippen LogP) is 4.46. The number of amides is 1. The first kappa shape index (κ1) is 20.7. The number of nitrogens with one attached hydrogen (secondary N) is 1. The Hall–Kier alpha value is -3.60. The van der Waals surface area contributed by atoms with Crippen LogP contribution in [0.2, 0.25) is 0 Å². The molecule has 2 N–H and O–H groups in total.